The van der Waals surface area contributed by atoms with Crippen molar-refractivity contribution in [2.24, 2.45) is 16.5 Å². The van der Waals surface area contributed by atoms with Gasteiger partial charge in [-0.3, -0.25) is 14.6 Å². The Kier molecular flexibility index (Phi) is 15.7. The van der Waals surface area contributed by atoms with Gasteiger partial charge in [-0.2, -0.15) is 8.78 Å². The smallest absolute Gasteiger partial charge is 0.292 e. The van der Waals surface area contributed by atoms with Gasteiger partial charge in [0.15, 0.2) is 0 Å². The number of nitrogens with zero attached hydrogens (tertiary/aromatic N) is 4. The first-order chi connectivity index (χ1) is 25.0. The number of aliphatic hydroxyl groups excluding tert-OH is 1. The number of ether oxygens (including phenoxy) is 1. The van der Waals surface area contributed by atoms with Gasteiger partial charge in [-0.1, -0.05) is 60.2 Å². The quantitative estimate of drug-likeness (QED) is 0.0809. The van der Waals surface area contributed by atoms with Gasteiger partial charge in [0.05, 0.1) is 41.0 Å². The summed E-state index contributed by atoms with van der Waals surface area (Å²) in [5.41, 5.74) is -2.34. The molecule has 0 bridgehead atoms. The SMILES string of the molecule is C=C(c1ncccc1C(F)(F)P)N1CCC[C@@H](C(=O)N(CCO)CCCC2=C(OC(C)CCCCC3(C(=O)N=O)CCC3)C=CCC=C2)[C@H]1CCC. The summed E-state index contributed by atoms with van der Waals surface area (Å²) < 4.78 is 35.5. The summed E-state index contributed by atoms with van der Waals surface area (Å²) in [5.74, 6) is -0.0916. The van der Waals surface area contributed by atoms with Crippen molar-refractivity contribution in [3.05, 3.63) is 76.7 Å². The van der Waals surface area contributed by atoms with E-state index in [-0.39, 0.29) is 48.4 Å². The van der Waals surface area contributed by atoms with Crippen LogP contribution in [-0.2, 0) is 20.0 Å². The average Bonchev–Trinajstić information content (AvgIpc) is 3.34. The van der Waals surface area contributed by atoms with Gasteiger partial charge in [0, 0.05) is 37.0 Å². The van der Waals surface area contributed by atoms with Crippen molar-refractivity contribution in [2.45, 2.75) is 122 Å². The Morgan fingerprint density at radius 3 is 2.65 bits per heavy atom. The van der Waals surface area contributed by atoms with Crippen molar-refractivity contribution in [1.82, 2.24) is 14.8 Å². The van der Waals surface area contributed by atoms with E-state index in [1.165, 1.54) is 18.3 Å². The minimum atomic E-state index is -3.17. The van der Waals surface area contributed by atoms with Crippen molar-refractivity contribution in [3.63, 3.8) is 0 Å². The molecular weight excluding hydrogens is 685 g/mol. The minimum absolute atomic E-state index is 0.0349. The number of carbonyl (C=O) groups is 2. The Labute approximate surface area is 310 Å². The Bertz CT molecular complexity index is 1490. The molecule has 3 aliphatic rings. The molecule has 2 heterocycles. The number of unbranched alkanes of at least 4 members (excludes halogenated alkanes) is 1. The molecule has 2 unspecified atom stereocenters. The Morgan fingerprint density at radius 1 is 1.21 bits per heavy atom. The molecule has 2 aliphatic carbocycles. The third-order valence-corrected chi connectivity index (χ3v) is 11.2. The number of allylic oxidation sites excluding steroid dienone is 5. The number of nitroso groups, excluding NO2 is 1. The highest BCUT2D eigenvalue weighted by Gasteiger charge is 2.44. The van der Waals surface area contributed by atoms with Crippen molar-refractivity contribution in [3.8, 4) is 0 Å². The van der Waals surface area contributed by atoms with Crippen LogP contribution < -0.4 is 0 Å². The number of piperidine rings is 1. The summed E-state index contributed by atoms with van der Waals surface area (Å²) in [4.78, 5) is 45.2. The normalized spacial score (nSPS) is 20.5. The summed E-state index contributed by atoms with van der Waals surface area (Å²) in [6.07, 6.45) is 20.4. The zero-order valence-corrected chi connectivity index (χ0v) is 32.1. The van der Waals surface area contributed by atoms with Crippen LogP contribution in [0.4, 0.5) is 8.78 Å². The molecular formula is C40H57F2N4O5P. The molecule has 52 heavy (non-hydrogen) atoms. The predicted molar refractivity (Wildman–Crippen MR) is 204 cm³/mol. The van der Waals surface area contributed by atoms with Crippen LogP contribution >= 0.6 is 9.24 Å². The topological polar surface area (TPSA) is 112 Å². The zero-order chi connectivity index (χ0) is 37.7. The highest BCUT2D eigenvalue weighted by atomic mass is 31.0. The second-order valence-electron chi connectivity index (χ2n) is 14.6. The fourth-order valence-corrected chi connectivity index (χ4v) is 8.17. The second kappa shape index (κ2) is 19.7. The molecule has 4 rings (SSSR count). The maximum absolute atomic E-state index is 14.5. The van der Waals surface area contributed by atoms with E-state index in [4.69, 9.17) is 4.74 Å². The average molecular weight is 743 g/mol. The molecule has 286 valence electrons. The summed E-state index contributed by atoms with van der Waals surface area (Å²) in [5, 5.41) is 12.7. The molecule has 1 aromatic rings. The molecule has 1 aromatic heterocycles. The fourth-order valence-electron chi connectivity index (χ4n) is 7.94. The van der Waals surface area contributed by atoms with Gasteiger partial charge in [0.1, 0.15) is 5.76 Å². The molecule has 1 saturated carbocycles. The lowest BCUT2D eigenvalue weighted by Crippen LogP contribution is -2.51. The number of likely N-dealkylation sites (tertiary alicyclic amines) is 1. The van der Waals surface area contributed by atoms with Gasteiger partial charge in [-0.15, -0.1) is 4.91 Å². The first-order valence-corrected chi connectivity index (χ1v) is 19.6. The number of halogens is 2. The highest BCUT2D eigenvalue weighted by Crippen LogP contribution is 2.46. The Morgan fingerprint density at radius 2 is 1.98 bits per heavy atom. The number of hydrogen-bond acceptors (Lipinski definition) is 7. The molecule has 1 aliphatic heterocycles. The van der Waals surface area contributed by atoms with E-state index in [2.05, 4.69) is 41.9 Å². The van der Waals surface area contributed by atoms with E-state index >= 15 is 0 Å². The number of aromatic nitrogens is 1. The lowest BCUT2D eigenvalue weighted by Gasteiger charge is -2.44. The van der Waals surface area contributed by atoms with Crippen molar-refractivity contribution < 1.29 is 28.2 Å². The first kappa shape index (κ1) is 41.5. The van der Waals surface area contributed by atoms with Gasteiger partial charge in [0.2, 0.25) is 5.91 Å². The number of rotatable bonds is 20. The molecule has 4 atom stereocenters. The molecule has 12 heteroatoms. The van der Waals surface area contributed by atoms with E-state index in [1.54, 1.807) is 14.1 Å². The molecule has 0 aromatic carbocycles. The van der Waals surface area contributed by atoms with Crippen LogP contribution in [0.1, 0.15) is 115 Å². The van der Waals surface area contributed by atoms with Crippen LogP contribution in [0.3, 0.4) is 0 Å². The van der Waals surface area contributed by atoms with E-state index in [0.29, 0.717) is 57.3 Å². The summed E-state index contributed by atoms with van der Waals surface area (Å²) in [7, 11) is 1.59. The van der Waals surface area contributed by atoms with Crippen LogP contribution in [0.25, 0.3) is 5.70 Å². The van der Waals surface area contributed by atoms with Gasteiger partial charge in [-0.05, 0) is 101 Å². The largest absolute Gasteiger partial charge is 0.490 e. The second-order valence-corrected chi connectivity index (χ2v) is 15.3. The highest BCUT2D eigenvalue weighted by molar-refractivity contribution is 7.17. The van der Waals surface area contributed by atoms with Crippen LogP contribution in [-0.4, -0.2) is 70.1 Å². The third-order valence-electron chi connectivity index (χ3n) is 10.9. The summed E-state index contributed by atoms with van der Waals surface area (Å²) >= 11 is 0. The predicted octanol–water partition coefficient (Wildman–Crippen LogP) is 8.66. The van der Waals surface area contributed by atoms with E-state index in [0.717, 1.165) is 62.7 Å². The van der Waals surface area contributed by atoms with Crippen molar-refractivity contribution in [1.29, 1.82) is 0 Å². The lowest BCUT2D eigenvalue weighted by atomic mass is 9.65. The molecule has 0 spiro atoms. The summed E-state index contributed by atoms with van der Waals surface area (Å²) in [6.45, 7) is 9.41. The Balaban J connectivity index is 1.39. The van der Waals surface area contributed by atoms with Crippen molar-refractivity contribution in [2.75, 3.05) is 26.2 Å². The molecule has 2 amide bonds. The number of aliphatic hydroxyl groups is 1. The maximum atomic E-state index is 14.5. The van der Waals surface area contributed by atoms with Gasteiger partial charge < -0.3 is 19.6 Å². The van der Waals surface area contributed by atoms with Crippen molar-refractivity contribution >= 4 is 26.8 Å². The van der Waals surface area contributed by atoms with E-state index in [9.17, 15) is 28.4 Å². The van der Waals surface area contributed by atoms with Gasteiger partial charge >= 0.3 is 0 Å². The molecule has 1 N–H and O–H groups in total. The number of pyridine rings is 1. The molecule has 9 nitrogen and oxygen atoms in total. The number of hydrogen-bond donors (Lipinski definition) is 1. The minimum Gasteiger partial charge on any atom is -0.490 e. The van der Waals surface area contributed by atoms with Gasteiger partial charge in [0.25, 0.3) is 11.6 Å². The molecule has 1 saturated heterocycles. The van der Waals surface area contributed by atoms with Gasteiger partial charge in [-0.25, -0.2) is 0 Å². The Hall–Kier alpha value is -3.30. The fraction of sp³-hybridized carbons (Fsp3) is 0.625. The van der Waals surface area contributed by atoms with E-state index in [1.807, 2.05) is 17.9 Å². The zero-order valence-electron chi connectivity index (χ0n) is 30.9. The van der Waals surface area contributed by atoms with Crippen LogP contribution in [0.15, 0.2) is 65.7 Å². The number of alkyl halides is 2. The van der Waals surface area contributed by atoms with Crippen LogP contribution in [0.5, 0.6) is 0 Å². The van der Waals surface area contributed by atoms with E-state index < -0.39 is 17.0 Å². The third kappa shape index (κ3) is 10.6. The summed E-state index contributed by atoms with van der Waals surface area (Å²) in [6, 6.07) is 2.63. The standard InChI is InChI=1S/C40H57F2N4O5P/c1-4-14-34-32(18-12-26-46(34)30(3)36-33(40(41,42)52)19-10-24-43-36)37(48)45(27-28-47)25-11-17-31-16-6-5-7-20-35(31)51-29(2)15-8-9-21-39(22-13-23-39)38(49)44-50/h6-7,10,16,19-20,24,29,32,34,47H,3-5,8-9,11-15,17-18,21-23,25-28,52H2,1-2H3/t29?,32-,34-/m1/s1. The lowest BCUT2D eigenvalue weighted by molar-refractivity contribution is -0.139. The monoisotopic (exact) mass is 742 g/mol. The molecule has 2 fully saturated rings. The number of amides is 2. The molecule has 0 radical (unpaired) electrons. The van der Waals surface area contributed by atoms with Crippen LogP contribution in [0, 0.1) is 16.2 Å². The first-order valence-electron chi connectivity index (χ1n) is 19.0. The number of carbonyl (C=O) groups excluding carboxylic acids is 2. The van der Waals surface area contributed by atoms with Crippen LogP contribution in [0.2, 0.25) is 0 Å². The maximum Gasteiger partial charge on any atom is 0.292 e.